The summed E-state index contributed by atoms with van der Waals surface area (Å²) in [6.45, 7) is 6.48. The largest absolute Gasteiger partial charge is 0.497 e. The first-order chi connectivity index (χ1) is 13.5. The van der Waals surface area contributed by atoms with Gasteiger partial charge in [0.2, 0.25) is 5.91 Å². The van der Waals surface area contributed by atoms with E-state index in [1.165, 1.54) is 33.2 Å². The fourth-order valence-electron chi connectivity index (χ4n) is 2.43. The van der Waals surface area contributed by atoms with E-state index >= 15 is 0 Å². The third-order valence-corrected chi connectivity index (χ3v) is 3.75. The first kappa shape index (κ1) is 24.1. The van der Waals surface area contributed by atoms with E-state index in [2.05, 4.69) is 5.32 Å². The smallest absolute Gasteiger partial charge is 0.408 e. The van der Waals surface area contributed by atoms with E-state index < -0.39 is 29.6 Å². The highest BCUT2D eigenvalue weighted by Crippen LogP contribution is 2.23. The summed E-state index contributed by atoms with van der Waals surface area (Å²) < 4.78 is 20.3. The lowest BCUT2D eigenvalue weighted by Gasteiger charge is -2.27. The summed E-state index contributed by atoms with van der Waals surface area (Å²) in [5.41, 5.74) is -0.0154. The SMILES string of the molecule is COC(=O)CN(Cc1cc(OC)cc(OC)c1)C(=O)[C@@H](C)NC(=O)OC(C)(C)C. The molecule has 9 heteroatoms. The minimum Gasteiger partial charge on any atom is -0.497 e. The Hall–Kier alpha value is -2.97. The molecule has 1 rings (SSSR count). The Morgan fingerprint density at radius 3 is 2.03 bits per heavy atom. The highest BCUT2D eigenvalue weighted by molar-refractivity contribution is 5.88. The number of rotatable bonds is 8. The molecule has 0 unspecified atom stereocenters. The van der Waals surface area contributed by atoms with Crippen LogP contribution < -0.4 is 14.8 Å². The third-order valence-electron chi connectivity index (χ3n) is 3.75. The van der Waals surface area contributed by atoms with E-state index in [4.69, 9.17) is 18.9 Å². The normalized spacial score (nSPS) is 11.8. The van der Waals surface area contributed by atoms with Gasteiger partial charge in [-0.15, -0.1) is 0 Å². The quantitative estimate of drug-likeness (QED) is 0.655. The van der Waals surface area contributed by atoms with Crippen LogP contribution in [0.15, 0.2) is 18.2 Å². The van der Waals surface area contributed by atoms with E-state index in [0.717, 1.165) is 0 Å². The molecule has 1 aromatic rings. The van der Waals surface area contributed by atoms with Gasteiger partial charge in [-0.05, 0) is 45.4 Å². The third kappa shape index (κ3) is 8.28. The molecule has 0 aliphatic rings. The molecule has 1 aromatic carbocycles. The zero-order valence-electron chi connectivity index (χ0n) is 18.0. The Morgan fingerprint density at radius 1 is 1.03 bits per heavy atom. The molecule has 0 saturated heterocycles. The van der Waals surface area contributed by atoms with Crippen molar-refractivity contribution in [3.05, 3.63) is 23.8 Å². The maximum absolute atomic E-state index is 12.9. The molecule has 0 bridgehead atoms. The van der Waals surface area contributed by atoms with Gasteiger partial charge in [0.25, 0.3) is 0 Å². The number of hydrogen-bond donors (Lipinski definition) is 1. The van der Waals surface area contributed by atoms with Crippen molar-refractivity contribution in [1.82, 2.24) is 10.2 Å². The van der Waals surface area contributed by atoms with Crippen molar-refractivity contribution in [3.8, 4) is 11.5 Å². The van der Waals surface area contributed by atoms with Crippen LogP contribution in [0.1, 0.15) is 33.3 Å². The van der Waals surface area contributed by atoms with Crippen LogP contribution in [-0.2, 0) is 25.6 Å². The molecule has 2 amide bonds. The molecule has 0 aliphatic heterocycles. The van der Waals surface area contributed by atoms with Crippen LogP contribution in [0.3, 0.4) is 0 Å². The number of alkyl carbamates (subject to hydrolysis) is 1. The Labute approximate surface area is 171 Å². The maximum atomic E-state index is 12.9. The zero-order chi connectivity index (χ0) is 22.2. The minimum atomic E-state index is -0.915. The molecular formula is C20H30N2O7. The molecule has 0 saturated carbocycles. The minimum absolute atomic E-state index is 0.0852. The molecule has 162 valence electrons. The predicted octanol–water partition coefficient (Wildman–Crippen LogP) is 2.12. The summed E-state index contributed by atoms with van der Waals surface area (Å²) in [6.07, 6.45) is -0.723. The van der Waals surface area contributed by atoms with Gasteiger partial charge in [0.15, 0.2) is 0 Å². The fraction of sp³-hybridized carbons (Fsp3) is 0.550. The molecule has 9 nitrogen and oxygen atoms in total. The Bertz CT molecular complexity index is 706. The van der Waals surface area contributed by atoms with E-state index in [1.54, 1.807) is 39.0 Å². The maximum Gasteiger partial charge on any atom is 0.408 e. The summed E-state index contributed by atoms with van der Waals surface area (Å²) in [6, 6.07) is 4.24. The summed E-state index contributed by atoms with van der Waals surface area (Å²) in [5.74, 6) is 0.0372. The molecule has 1 N–H and O–H groups in total. The summed E-state index contributed by atoms with van der Waals surface area (Å²) >= 11 is 0. The number of benzene rings is 1. The van der Waals surface area contributed by atoms with Crippen LogP contribution >= 0.6 is 0 Å². The first-order valence-electron chi connectivity index (χ1n) is 9.06. The molecule has 0 aliphatic carbocycles. The van der Waals surface area contributed by atoms with Crippen LogP contribution in [0.4, 0.5) is 4.79 Å². The first-order valence-corrected chi connectivity index (χ1v) is 9.06. The van der Waals surface area contributed by atoms with Gasteiger partial charge in [-0.25, -0.2) is 4.79 Å². The predicted molar refractivity (Wildman–Crippen MR) is 106 cm³/mol. The van der Waals surface area contributed by atoms with E-state index in [0.29, 0.717) is 17.1 Å². The topological polar surface area (TPSA) is 103 Å². The van der Waals surface area contributed by atoms with Gasteiger partial charge in [-0.2, -0.15) is 0 Å². The second-order valence-electron chi connectivity index (χ2n) is 7.36. The average Bonchev–Trinajstić information content (AvgIpc) is 2.64. The van der Waals surface area contributed by atoms with Crippen molar-refractivity contribution >= 4 is 18.0 Å². The summed E-state index contributed by atoms with van der Waals surface area (Å²) in [5, 5.41) is 2.48. The number of carbonyl (C=O) groups excluding carboxylic acids is 3. The Balaban J connectivity index is 3.01. The van der Waals surface area contributed by atoms with Crippen molar-refractivity contribution in [1.29, 1.82) is 0 Å². The number of carbonyl (C=O) groups is 3. The Kier molecular flexibility index (Phi) is 8.75. The number of amides is 2. The van der Waals surface area contributed by atoms with Crippen LogP contribution in [0.2, 0.25) is 0 Å². The summed E-state index contributed by atoms with van der Waals surface area (Å²) in [4.78, 5) is 38.0. The van der Waals surface area contributed by atoms with Crippen LogP contribution in [0, 0.1) is 0 Å². The number of ether oxygens (including phenoxy) is 4. The van der Waals surface area contributed by atoms with Crippen LogP contribution in [0.5, 0.6) is 11.5 Å². The molecule has 0 fully saturated rings. The lowest BCUT2D eigenvalue weighted by molar-refractivity contribution is -0.148. The van der Waals surface area contributed by atoms with Crippen molar-refractivity contribution in [3.63, 3.8) is 0 Å². The highest BCUT2D eigenvalue weighted by Gasteiger charge is 2.26. The average molecular weight is 410 g/mol. The number of methoxy groups -OCH3 is 3. The van der Waals surface area contributed by atoms with Crippen LogP contribution in [-0.4, -0.2) is 62.4 Å². The van der Waals surface area contributed by atoms with Crippen molar-refractivity contribution < 1.29 is 33.3 Å². The molecule has 0 aromatic heterocycles. The van der Waals surface area contributed by atoms with Gasteiger partial charge in [-0.3, -0.25) is 9.59 Å². The molecule has 29 heavy (non-hydrogen) atoms. The number of esters is 1. The monoisotopic (exact) mass is 410 g/mol. The number of nitrogens with zero attached hydrogens (tertiary/aromatic N) is 1. The van der Waals surface area contributed by atoms with Gasteiger partial charge in [-0.1, -0.05) is 0 Å². The van der Waals surface area contributed by atoms with Gasteiger partial charge < -0.3 is 29.2 Å². The van der Waals surface area contributed by atoms with E-state index in [9.17, 15) is 14.4 Å². The molecule has 0 heterocycles. The van der Waals surface area contributed by atoms with Gasteiger partial charge in [0.1, 0.15) is 29.7 Å². The van der Waals surface area contributed by atoms with Gasteiger partial charge >= 0.3 is 12.1 Å². The standard InChI is InChI=1S/C20H30N2O7/c1-13(21-19(25)29-20(2,3)4)18(24)22(12-17(23)28-7)11-14-8-15(26-5)10-16(9-14)27-6/h8-10,13H,11-12H2,1-7H3,(H,21,25)/t13-/m1/s1. The number of hydrogen-bond acceptors (Lipinski definition) is 7. The van der Waals surface area contributed by atoms with Gasteiger partial charge in [0.05, 0.1) is 21.3 Å². The highest BCUT2D eigenvalue weighted by atomic mass is 16.6. The van der Waals surface area contributed by atoms with Crippen molar-refractivity contribution in [2.45, 2.75) is 45.9 Å². The second kappa shape index (κ2) is 10.5. The van der Waals surface area contributed by atoms with E-state index in [1.807, 2.05) is 0 Å². The molecule has 0 radical (unpaired) electrons. The Morgan fingerprint density at radius 2 is 1.59 bits per heavy atom. The lowest BCUT2D eigenvalue weighted by atomic mass is 10.1. The molecular weight excluding hydrogens is 380 g/mol. The molecule has 1 atom stereocenters. The summed E-state index contributed by atoms with van der Waals surface area (Å²) in [7, 11) is 4.27. The van der Waals surface area contributed by atoms with Crippen molar-refractivity contribution in [2.24, 2.45) is 0 Å². The van der Waals surface area contributed by atoms with Gasteiger partial charge in [0, 0.05) is 12.6 Å². The number of nitrogens with one attached hydrogen (secondary N) is 1. The van der Waals surface area contributed by atoms with E-state index in [-0.39, 0.29) is 13.1 Å². The van der Waals surface area contributed by atoms with Crippen molar-refractivity contribution in [2.75, 3.05) is 27.9 Å². The lowest BCUT2D eigenvalue weighted by Crippen LogP contribution is -2.49. The van der Waals surface area contributed by atoms with Crippen LogP contribution in [0.25, 0.3) is 0 Å². The fourth-order valence-corrected chi connectivity index (χ4v) is 2.43. The zero-order valence-corrected chi connectivity index (χ0v) is 18.0. The second-order valence-corrected chi connectivity index (χ2v) is 7.36. The molecule has 0 spiro atoms.